The fourth-order valence-corrected chi connectivity index (χ4v) is 0.832. The molecule has 0 amide bonds. The van der Waals surface area contributed by atoms with Gasteiger partial charge in [-0.05, 0) is 11.6 Å². The Morgan fingerprint density at radius 1 is 1.64 bits per heavy atom. The van der Waals surface area contributed by atoms with Crippen LogP contribution >= 0.6 is 12.6 Å². The second-order valence-corrected chi connectivity index (χ2v) is 2.33. The fourth-order valence-electron chi connectivity index (χ4n) is 0.645. The molecule has 0 aliphatic rings. The summed E-state index contributed by atoms with van der Waals surface area (Å²) in [6.07, 6.45) is 1.51. The molecule has 0 spiro atoms. The van der Waals surface area contributed by atoms with Gasteiger partial charge in [-0.3, -0.25) is 0 Å². The van der Waals surface area contributed by atoms with E-state index in [0.29, 0.717) is 5.75 Å². The van der Waals surface area contributed by atoms with E-state index in [9.17, 15) is 4.79 Å². The highest BCUT2D eigenvalue weighted by Gasteiger charge is 2.01. The molecule has 1 aromatic rings. The van der Waals surface area contributed by atoms with Gasteiger partial charge in [-0.25, -0.2) is 9.78 Å². The molecular formula is C7H7NO2S. The molecular weight excluding hydrogens is 162 g/mol. The summed E-state index contributed by atoms with van der Waals surface area (Å²) in [6, 6.07) is 3.16. The van der Waals surface area contributed by atoms with E-state index in [1.165, 1.54) is 12.3 Å². The van der Waals surface area contributed by atoms with Crippen molar-refractivity contribution >= 4 is 18.6 Å². The van der Waals surface area contributed by atoms with Crippen molar-refractivity contribution in [1.29, 1.82) is 0 Å². The van der Waals surface area contributed by atoms with E-state index in [4.69, 9.17) is 5.11 Å². The van der Waals surface area contributed by atoms with Crippen molar-refractivity contribution in [2.75, 3.05) is 0 Å². The number of pyridine rings is 1. The van der Waals surface area contributed by atoms with E-state index in [1.807, 2.05) is 0 Å². The number of thiol groups is 1. The molecule has 0 bridgehead atoms. The average Bonchev–Trinajstić information content (AvgIpc) is 2.05. The van der Waals surface area contributed by atoms with Crippen LogP contribution in [0.4, 0.5) is 0 Å². The van der Waals surface area contributed by atoms with E-state index < -0.39 is 5.97 Å². The molecule has 0 fully saturated rings. The molecule has 0 unspecified atom stereocenters. The third-order valence-electron chi connectivity index (χ3n) is 1.23. The maximum Gasteiger partial charge on any atom is 0.354 e. The van der Waals surface area contributed by atoms with Crippen molar-refractivity contribution in [1.82, 2.24) is 4.98 Å². The third kappa shape index (κ3) is 1.94. The van der Waals surface area contributed by atoms with Crippen LogP contribution in [0, 0.1) is 0 Å². The van der Waals surface area contributed by atoms with Crippen LogP contribution in [0.2, 0.25) is 0 Å². The maximum absolute atomic E-state index is 10.3. The first-order chi connectivity index (χ1) is 5.24. The first-order valence-electron chi connectivity index (χ1n) is 3.03. The van der Waals surface area contributed by atoms with Crippen LogP contribution in [0.5, 0.6) is 0 Å². The van der Waals surface area contributed by atoms with E-state index >= 15 is 0 Å². The topological polar surface area (TPSA) is 50.2 Å². The molecule has 1 N–H and O–H groups in total. The Balaban J connectivity index is 2.91. The molecule has 0 saturated carbocycles. The number of carbonyl (C=O) groups is 1. The third-order valence-corrected chi connectivity index (χ3v) is 1.59. The normalized spacial score (nSPS) is 9.55. The second-order valence-electron chi connectivity index (χ2n) is 2.01. The van der Waals surface area contributed by atoms with Gasteiger partial charge in [0.15, 0.2) is 0 Å². The molecule has 11 heavy (non-hydrogen) atoms. The molecule has 1 aromatic heterocycles. The minimum absolute atomic E-state index is 0.0653. The molecule has 0 aliphatic carbocycles. The largest absolute Gasteiger partial charge is 0.477 e. The lowest BCUT2D eigenvalue weighted by atomic mass is 10.3. The Labute approximate surface area is 69.5 Å². The zero-order valence-electron chi connectivity index (χ0n) is 5.69. The number of nitrogens with zero attached hydrogens (tertiary/aromatic N) is 1. The molecule has 3 nitrogen and oxygen atoms in total. The minimum Gasteiger partial charge on any atom is -0.477 e. The van der Waals surface area contributed by atoms with Crippen molar-refractivity contribution in [2.45, 2.75) is 5.75 Å². The standard InChI is InChI=1S/C7H7NO2S/c9-7(10)6-2-1-5(4-11)3-8-6/h1-3,11H,4H2,(H,9,10). The van der Waals surface area contributed by atoms with Crippen LogP contribution in [0.3, 0.4) is 0 Å². The van der Waals surface area contributed by atoms with Crippen LogP contribution in [0.25, 0.3) is 0 Å². The highest BCUT2D eigenvalue weighted by Crippen LogP contribution is 2.02. The van der Waals surface area contributed by atoms with E-state index in [1.54, 1.807) is 6.07 Å². The molecule has 0 aromatic carbocycles. The van der Waals surface area contributed by atoms with Crippen molar-refractivity contribution in [3.05, 3.63) is 29.6 Å². The zero-order chi connectivity index (χ0) is 8.27. The lowest BCUT2D eigenvalue weighted by Gasteiger charge is -1.94. The van der Waals surface area contributed by atoms with Crippen molar-refractivity contribution < 1.29 is 9.90 Å². The van der Waals surface area contributed by atoms with Crippen LogP contribution in [-0.4, -0.2) is 16.1 Å². The maximum atomic E-state index is 10.3. The molecule has 0 aliphatic heterocycles. The number of rotatable bonds is 2. The fraction of sp³-hybridized carbons (Fsp3) is 0.143. The van der Waals surface area contributed by atoms with Gasteiger partial charge in [0.25, 0.3) is 0 Å². The number of hydrogen-bond acceptors (Lipinski definition) is 3. The zero-order valence-corrected chi connectivity index (χ0v) is 6.58. The summed E-state index contributed by atoms with van der Waals surface area (Å²) in [5.74, 6) is -0.428. The summed E-state index contributed by atoms with van der Waals surface area (Å²) in [5.41, 5.74) is 0.980. The van der Waals surface area contributed by atoms with Crippen molar-refractivity contribution in [2.24, 2.45) is 0 Å². The lowest BCUT2D eigenvalue weighted by molar-refractivity contribution is 0.0690. The summed E-state index contributed by atoms with van der Waals surface area (Å²) >= 11 is 4.01. The Hall–Kier alpha value is -1.03. The van der Waals surface area contributed by atoms with Gasteiger partial charge in [0.05, 0.1) is 0 Å². The van der Waals surface area contributed by atoms with Crippen LogP contribution in [0.1, 0.15) is 16.1 Å². The number of carboxylic acids is 1. The van der Waals surface area contributed by atoms with Gasteiger partial charge in [-0.1, -0.05) is 6.07 Å². The van der Waals surface area contributed by atoms with Gasteiger partial charge in [-0.2, -0.15) is 12.6 Å². The average molecular weight is 169 g/mol. The van der Waals surface area contributed by atoms with Gasteiger partial charge in [0.2, 0.25) is 0 Å². The van der Waals surface area contributed by atoms with E-state index in [0.717, 1.165) is 5.56 Å². The first kappa shape index (κ1) is 8.07. The number of aromatic carboxylic acids is 1. The smallest absolute Gasteiger partial charge is 0.354 e. The molecule has 0 atom stereocenters. The molecule has 1 heterocycles. The minimum atomic E-state index is -1.00. The van der Waals surface area contributed by atoms with Crippen LogP contribution < -0.4 is 0 Å². The number of aromatic nitrogens is 1. The quantitative estimate of drug-likeness (QED) is 0.654. The van der Waals surface area contributed by atoms with Gasteiger partial charge in [0, 0.05) is 11.9 Å². The second kappa shape index (κ2) is 3.39. The summed E-state index contributed by atoms with van der Waals surface area (Å²) in [4.78, 5) is 14.0. The lowest BCUT2D eigenvalue weighted by Crippen LogP contribution is -1.99. The first-order valence-corrected chi connectivity index (χ1v) is 3.66. The van der Waals surface area contributed by atoms with Gasteiger partial charge in [0.1, 0.15) is 5.69 Å². The monoisotopic (exact) mass is 169 g/mol. The summed E-state index contributed by atoms with van der Waals surface area (Å²) in [5, 5.41) is 8.47. The molecule has 4 heteroatoms. The molecule has 1 rings (SSSR count). The molecule has 0 saturated heterocycles. The Kier molecular flexibility index (Phi) is 2.48. The van der Waals surface area contributed by atoms with Crippen molar-refractivity contribution in [3.63, 3.8) is 0 Å². The van der Waals surface area contributed by atoms with E-state index in [2.05, 4.69) is 17.6 Å². The Bertz CT molecular complexity index is 258. The molecule has 58 valence electrons. The number of carboxylic acid groups (broad SMARTS) is 1. The van der Waals surface area contributed by atoms with Gasteiger partial charge < -0.3 is 5.11 Å². The van der Waals surface area contributed by atoms with Crippen LogP contribution in [-0.2, 0) is 5.75 Å². The Morgan fingerprint density at radius 3 is 2.73 bits per heavy atom. The van der Waals surface area contributed by atoms with Gasteiger partial charge in [-0.15, -0.1) is 0 Å². The number of hydrogen-bond donors (Lipinski definition) is 2. The van der Waals surface area contributed by atoms with E-state index in [-0.39, 0.29) is 5.69 Å². The predicted octanol–water partition coefficient (Wildman–Crippen LogP) is 1.21. The highest BCUT2D eigenvalue weighted by molar-refractivity contribution is 7.79. The predicted molar refractivity (Wildman–Crippen MR) is 43.9 cm³/mol. The SMILES string of the molecule is O=C(O)c1ccc(CS)cn1. The summed E-state index contributed by atoms with van der Waals surface area (Å²) in [6.45, 7) is 0. The van der Waals surface area contributed by atoms with Gasteiger partial charge >= 0.3 is 5.97 Å². The molecule has 0 radical (unpaired) electrons. The highest BCUT2D eigenvalue weighted by atomic mass is 32.1. The Morgan fingerprint density at radius 2 is 2.36 bits per heavy atom. The summed E-state index contributed by atoms with van der Waals surface area (Å²) in [7, 11) is 0. The van der Waals surface area contributed by atoms with Crippen LogP contribution in [0.15, 0.2) is 18.3 Å². The van der Waals surface area contributed by atoms with Crippen molar-refractivity contribution in [3.8, 4) is 0 Å². The summed E-state index contributed by atoms with van der Waals surface area (Å²) < 4.78 is 0.